The first-order chi connectivity index (χ1) is 13.6. The van der Waals surface area contributed by atoms with Gasteiger partial charge >= 0.3 is 0 Å². The number of hydrogen-bond donors (Lipinski definition) is 1. The predicted octanol–water partition coefficient (Wildman–Crippen LogP) is 3.50. The lowest BCUT2D eigenvalue weighted by molar-refractivity contribution is 0.102. The summed E-state index contributed by atoms with van der Waals surface area (Å²) in [6.45, 7) is 1.87. The fourth-order valence-corrected chi connectivity index (χ4v) is 2.96. The number of nitrogens with zero attached hydrogens (tertiary/aromatic N) is 5. The van der Waals surface area contributed by atoms with Crippen LogP contribution in [0.3, 0.4) is 0 Å². The summed E-state index contributed by atoms with van der Waals surface area (Å²) in [5.74, 6) is 0.451. The molecule has 3 aromatic heterocycles. The van der Waals surface area contributed by atoms with Crippen LogP contribution in [0.5, 0.6) is 0 Å². The summed E-state index contributed by atoms with van der Waals surface area (Å²) >= 11 is 0. The zero-order valence-electron chi connectivity index (χ0n) is 15.5. The minimum absolute atomic E-state index is 0.274. The number of rotatable bonds is 4. The highest BCUT2D eigenvalue weighted by Crippen LogP contribution is 2.22. The number of nitrogens with one attached hydrogen (secondary N) is 1. The molecule has 7 nitrogen and oxygen atoms in total. The highest BCUT2D eigenvalue weighted by atomic mass is 16.1. The van der Waals surface area contributed by atoms with Crippen LogP contribution in [0.15, 0.2) is 67.3 Å². The van der Waals surface area contributed by atoms with E-state index in [1.165, 1.54) is 0 Å². The van der Waals surface area contributed by atoms with Crippen molar-refractivity contribution in [3.05, 3.63) is 78.6 Å². The molecular weight excluding hydrogens is 352 g/mol. The topological polar surface area (TPSA) is 85.6 Å². The third-order valence-electron chi connectivity index (χ3n) is 4.27. The second-order valence-electron chi connectivity index (χ2n) is 6.42. The quantitative estimate of drug-likeness (QED) is 0.594. The minimum Gasteiger partial charge on any atom is -0.321 e. The normalized spacial score (nSPS) is 10.6. The molecule has 0 aliphatic carbocycles. The van der Waals surface area contributed by atoms with Crippen molar-refractivity contribution in [2.24, 2.45) is 7.05 Å². The summed E-state index contributed by atoms with van der Waals surface area (Å²) in [5.41, 5.74) is 4.48. The number of aryl methyl sites for hydroxylation is 2. The van der Waals surface area contributed by atoms with Gasteiger partial charge in [-0.05, 0) is 42.8 Å². The van der Waals surface area contributed by atoms with E-state index < -0.39 is 0 Å². The smallest absolute Gasteiger partial charge is 0.274 e. The Bertz CT molecular complexity index is 1140. The second kappa shape index (κ2) is 7.40. The predicted molar refractivity (Wildman–Crippen MR) is 107 cm³/mol. The average molecular weight is 370 g/mol. The van der Waals surface area contributed by atoms with Crippen molar-refractivity contribution in [3.63, 3.8) is 0 Å². The van der Waals surface area contributed by atoms with E-state index in [-0.39, 0.29) is 5.91 Å². The number of pyridine rings is 2. The maximum absolute atomic E-state index is 12.8. The molecule has 4 aromatic rings. The Morgan fingerprint density at radius 3 is 2.64 bits per heavy atom. The SMILES string of the molecule is Cc1cc(-c2cccnc2)cc(C(=O)Nc2cccc(-c3nncn3C)c2)n1. The van der Waals surface area contributed by atoms with Crippen molar-refractivity contribution in [2.45, 2.75) is 6.92 Å². The lowest BCUT2D eigenvalue weighted by atomic mass is 10.1. The van der Waals surface area contributed by atoms with Crippen molar-refractivity contribution >= 4 is 11.6 Å². The number of aromatic nitrogens is 5. The third-order valence-corrected chi connectivity index (χ3v) is 4.27. The molecule has 0 aliphatic rings. The summed E-state index contributed by atoms with van der Waals surface area (Å²) < 4.78 is 1.82. The van der Waals surface area contributed by atoms with Gasteiger partial charge in [0.15, 0.2) is 5.82 Å². The standard InChI is InChI=1S/C21H18N6O/c1-14-9-17(16-6-4-8-22-12-16)11-19(24-14)21(28)25-18-7-3-5-15(10-18)20-26-23-13-27(20)2/h3-13H,1-2H3,(H,25,28). The summed E-state index contributed by atoms with van der Waals surface area (Å²) in [7, 11) is 1.87. The summed E-state index contributed by atoms with van der Waals surface area (Å²) in [6.07, 6.45) is 5.12. The molecule has 0 spiro atoms. The van der Waals surface area contributed by atoms with Crippen LogP contribution in [-0.4, -0.2) is 30.6 Å². The molecule has 1 aromatic carbocycles. The van der Waals surface area contributed by atoms with Crippen molar-refractivity contribution in [1.29, 1.82) is 0 Å². The van der Waals surface area contributed by atoms with Crippen LogP contribution < -0.4 is 5.32 Å². The molecule has 138 valence electrons. The maximum atomic E-state index is 12.8. The molecule has 0 atom stereocenters. The van der Waals surface area contributed by atoms with Gasteiger partial charge in [-0.25, -0.2) is 4.98 Å². The molecule has 7 heteroatoms. The first kappa shape index (κ1) is 17.5. The van der Waals surface area contributed by atoms with E-state index >= 15 is 0 Å². The van der Waals surface area contributed by atoms with E-state index in [4.69, 9.17) is 0 Å². The highest BCUT2D eigenvalue weighted by Gasteiger charge is 2.12. The van der Waals surface area contributed by atoms with Gasteiger partial charge in [0.05, 0.1) is 0 Å². The molecule has 0 bridgehead atoms. The Morgan fingerprint density at radius 2 is 1.89 bits per heavy atom. The number of amides is 1. The first-order valence-corrected chi connectivity index (χ1v) is 8.75. The van der Waals surface area contributed by atoms with Crippen LogP contribution in [0, 0.1) is 6.92 Å². The molecule has 3 heterocycles. The highest BCUT2D eigenvalue weighted by molar-refractivity contribution is 6.03. The van der Waals surface area contributed by atoms with Crippen LogP contribution in [0.25, 0.3) is 22.5 Å². The average Bonchev–Trinajstić information content (AvgIpc) is 3.14. The molecule has 0 radical (unpaired) electrons. The molecule has 28 heavy (non-hydrogen) atoms. The van der Waals surface area contributed by atoms with E-state index in [2.05, 4.69) is 25.5 Å². The number of carbonyl (C=O) groups is 1. The van der Waals surface area contributed by atoms with Gasteiger partial charge in [0.2, 0.25) is 0 Å². The van der Waals surface area contributed by atoms with Gasteiger partial charge in [0.1, 0.15) is 12.0 Å². The zero-order valence-corrected chi connectivity index (χ0v) is 15.5. The zero-order chi connectivity index (χ0) is 19.5. The van der Waals surface area contributed by atoms with E-state index in [1.807, 2.05) is 61.0 Å². The van der Waals surface area contributed by atoms with E-state index in [1.54, 1.807) is 24.8 Å². The van der Waals surface area contributed by atoms with Crippen LogP contribution in [0.4, 0.5) is 5.69 Å². The lowest BCUT2D eigenvalue weighted by Crippen LogP contribution is -2.14. The second-order valence-corrected chi connectivity index (χ2v) is 6.42. The Balaban J connectivity index is 1.61. The van der Waals surface area contributed by atoms with Crippen LogP contribution in [-0.2, 0) is 7.05 Å². The van der Waals surface area contributed by atoms with Crippen LogP contribution >= 0.6 is 0 Å². The fraction of sp³-hybridized carbons (Fsp3) is 0.0952. The summed E-state index contributed by atoms with van der Waals surface area (Å²) in [6, 6.07) is 15.0. The van der Waals surface area contributed by atoms with Crippen molar-refractivity contribution in [1.82, 2.24) is 24.7 Å². The molecule has 1 amide bonds. The molecule has 1 N–H and O–H groups in total. The number of anilines is 1. The molecule has 0 saturated heterocycles. The largest absolute Gasteiger partial charge is 0.321 e. The summed E-state index contributed by atoms with van der Waals surface area (Å²) in [4.78, 5) is 21.3. The molecule has 0 aliphatic heterocycles. The maximum Gasteiger partial charge on any atom is 0.274 e. The third kappa shape index (κ3) is 3.64. The Morgan fingerprint density at radius 1 is 1.04 bits per heavy atom. The van der Waals surface area contributed by atoms with E-state index in [0.29, 0.717) is 11.4 Å². The molecule has 0 unspecified atom stereocenters. The fourth-order valence-electron chi connectivity index (χ4n) is 2.96. The van der Waals surface area contributed by atoms with Gasteiger partial charge < -0.3 is 9.88 Å². The summed E-state index contributed by atoms with van der Waals surface area (Å²) in [5, 5.41) is 10.9. The van der Waals surface area contributed by atoms with Gasteiger partial charge in [-0.15, -0.1) is 10.2 Å². The Labute approximate surface area is 162 Å². The Hall–Kier alpha value is -3.87. The Kier molecular flexibility index (Phi) is 4.63. The molecule has 4 rings (SSSR count). The van der Waals surface area contributed by atoms with Gasteiger partial charge in [0, 0.05) is 41.9 Å². The number of benzene rings is 1. The first-order valence-electron chi connectivity index (χ1n) is 8.75. The van der Waals surface area contributed by atoms with Crippen molar-refractivity contribution in [2.75, 3.05) is 5.32 Å². The van der Waals surface area contributed by atoms with E-state index in [0.717, 1.165) is 28.2 Å². The van der Waals surface area contributed by atoms with Crippen LogP contribution in [0.1, 0.15) is 16.2 Å². The number of carbonyl (C=O) groups excluding carboxylic acids is 1. The van der Waals surface area contributed by atoms with Crippen LogP contribution in [0.2, 0.25) is 0 Å². The van der Waals surface area contributed by atoms with E-state index in [9.17, 15) is 4.79 Å². The minimum atomic E-state index is -0.274. The lowest BCUT2D eigenvalue weighted by Gasteiger charge is -2.09. The monoisotopic (exact) mass is 370 g/mol. The van der Waals surface area contributed by atoms with Crippen molar-refractivity contribution in [3.8, 4) is 22.5 Å². The van der Waals surface area contributed by atoms with Gasteiger partial charge in [0.25, 0.3) is 5.91 Å². The molecular formula is C21H18N6O. The van der Waals surface area contributed by atoms with Gasteiger partial charge in [-0.3, -0.25) is 9.78 Å². The van der Waals surface area contributed by atoms with Gasteiger partial charge in [-0.2, -0.15) is 0 Å². The molecule has 0 saturated carbocycles. The van der Waals surface area contributed by atoms with Gasteiger partial charge in [-0.1, -0.05) is 18.2 Å². The number of hydrogen-bond acceptors (Lipinski definition) is 5. The molecule has 0 fully saturated rings. The van der Waals surface area contributed by atoms with Crippen molar-refractivity contribution < 1.29 is 4.79 Å².